The molecule has 0 amide bonds. The molecule has 1 heterocycles. The smallest absolute Gasteiger partial charge is 0.336 e. The van der Waals surface area contributed by atoms with Gasteiger partial charge in [0.1, 0.15) is 5.75 Å². The zero-order valence-corrected chi connectivity index (χ0v) is 11.0. The van der Waals surface area contributed by atoms with Crippen molar-refractivity contribution in [3.05, 3.63) is 53.1 Å². The lowest BCUT2D eigenvalue weighted by Crippen LogP contribution is -2.33. The van der Waals surface area contributed by atoms with Crippen LogP contribution in [0.25, 0.3) is 11.1 Å². The second-order valence-corrected chi connectivity index (χ2v) is 4.99. The molecule has 0 fully saturated rings. The molecule has 2 aromatic carbocycles. The molecule has 0 bridgehead atoms. The van der Waals surface area contributed by atoms with Crippen LogP contribution in [0.2, 0.25) is 5.02 Å². The zero-order chi connectivity index (χ0) is 14.3. The van der Waals surface area contributed by atoms with E-state index in [0.29, 0.717) is 16.3 Å². The monoisotopic (exact) mass is 290 g/mol. The summed E-state index contributed by atoms with van der Waals surface area (Å²) in [6.07, 6.45) is -2.63. The Hall–Kier alpha value is -2.04. The number of benzene rings is 2. The fraction of sp³-hybridized carbons (Fsp3) is 0.133. The van der Waals surface area contributed by atoms with Crippen LogP contribution in [0, 0.1) is 0 Å². The fourth-order valence-corrected chi connectivity index (χ4v) is 2.55. The van der Waals surface area contributed by atoms with E-state index in [2.05, 4.69) is 0 Å². The first-order valence-electron chi connectivity index (χ1n) is 6.04. The minimum absolute atomic E-state index is 0.467. The molecule has 1 aliphatic rings. The topological polar surface area (TPSA) is 66.8 Å². The summed E-state index contributed by atoms with van der Waals surface area (Å²) in [4.78, 5) is 11.0. The quantitative estimate of drug-likeness (QED) is 0.892. The Morgan fingerprint density at radius 3 is 2.70 bits per heavy atom. The van der Waals surface area contributed by atoms with E-state index in [-0.39, 0.29) is 0 Å². The van der Waals surface area contributed by atoms with Crippen molar-refractivity contribution < 1.29 is 19.7 Å². The third-order valence-corrected chi connectivity index (χ3v) is 3.53. The van der Waals surface area contributed by atoms with E-state index >= 15 is 0 Å². The van der Waals surface area contributed by atoms with Crippen LogP contribution in [0.15, 0.2) is 42.5 Å². The van der Waals surface area contributed by atoms with Gasteiger partial charge in [-0.25, -0.2) is 4.79 Å². The van der Waals surface area contributed by atoms with Gasteiger partial charge in [0.2, 0.25) is 0 Å². The van der Waals surface area contributed by atoms with Crippen molar-refractivity contribution in [1.29, 1.82) is 0 Å². The molecule has 102 valence electrons. The number of para-hydroxylation sites is 1. The molecule has 3 rings (SSSR count). The van der Waals surface area contributed by atoms with Gasteiger partial charge in [-0.05, 0) is 23.8 Å². The van der Waals surface area contributed by atoms with Crippen LogP contribution in [-0.2, 0) is 4.79 Å². The van der Waals surface area contributed by atoms with E-state index in [0.717, 1.165) is 11.1 Å². The molecule has 0 radical (unpaired) electrons. The number of aliphatic carboxylic acids is 1. The highest BCUT2D eigenvalue weighted by Crippen LogP contribution is 2.44. The van der Waals surface area contributed by atoms with Gasteiger partial charge in [0.15, 0.2) is 12.2 Å². The molecule has 2 aromatic rings. The van der Waals surface area contributed by atoms with Gasteiger partial charge in [0.25, 0.3) is 0 Å². The van der Waals surface area contributed by atoms with Gasteiger partial charge in [-0.15, -0.1) is 0 Å². The third-order valence-electron chi connectivity index (χ3n) is 3.29. The summed E-state index contributed by atoms with van der Waals surface area (Å²) < 4.78 is 5.65. The second kappa shape index (κ2) is 4.81. The number of rotatable bonds is 2. The molecule has 1 aliphatic heterocycles. The highest BCUT2D eigenvalue weighted by molar-refractivity contribution is 6.30. The number of aliphatic hydroxyl groups is 1. The van der Waals surface area contributed by atoms with E-state index in [9.17, 15) is 9.90 Å². The van der Waals surface area contributed by atoms with Crippen LogP contribution in [0.1, 0.15) is 11.7 Å². The summed E-state index contributed by atoms with van der Waals surface area (Å²) >= 11 is 5.97. The summed E-state index contributed by atoms with van der Waals surface area (Å²) in [5, 5.41) is 19.3. The van der Waals surface area contributed by atoms with Gasteiger partial charge in [0.05, 0.1) is 0 Å². The van der Waals surface area contributed by atoms with Gasteiger partial charge in [-0.2, -0.15) is 0 Å². The summed E-state index contributed by atoms with van der Waals surface area (Å²) in [5.74, 6) is -0.784. The largest absolute Gasteiger partial charge is 0.482 e. The molecule has 2 unspecified atom stereocenters. The molecule has 5 heteroatoms. The van der Waals surface area contributed by atoms with Crippen LogP contribution < -0.4 is 4.74 Å². The van der Waals surface area contributed by atoms with Gasteiger partial charge in [-0.3, -0.25) is 0 Å². The molecule has 4 nitrogen and oxygen atoms in total. The number of aliphatic hydroxyl groups excluding tert-OH is 1. The first-order chi connectivity index (χ1) is 9.58. The molecule has 0 aromatic heterocycles. The first kappa shape index (κ1) is 13.0. The van der Waals surface area contributed by atoms with E-state index < -0.39 is 18.2 Å². The molecule has 0 aliphatic carbocycles. The van der Waals surface area contributed by atoms with Crippen molar-refractivity contribution in [2.75, 3.05) is 0 Å². The van der Waals surface area contributed by atoms with Crippen LogP contribution >= 0.6 is 11.6 Å². The molecule has 0 spiro atoms. The van der Waals surface area contributed by atoms with Gasteiger partial charge < -0.3 is 14.9 Å². The Labute approximate surface area is 120 Å². The maximum Gasteiger partial charge on any atom is 0.336 e. The lowest BCUT2D eigenvalue weighted by Gasteiger charge is -2.30. The lowest BCUT2D eigenvalue weighted by atomic mass is 9.90. The number of carboxylic acids is 1. The predicted molar refractivity (Wildman–Crippen MR) is 73.9 cm³/mol. The molecular formula is C15H11ClO4. The van der Waals surface area contributed by atoms with Crippen LogP contribution in [0.3, 0.4) is 0 Å². The van der Waals surface area contributed by atoms with E-state index in [1.807, 2.05) is 12.1 Å². The normalized spacial score (nSPS) is 17.6. The van der Waals surface area contributed by atoms with Crippen molar-refractivity contribution in [3.63, 3.8) is 0 Å². The van der Waals surface area contributed by atoms with Gasteiger partial charge >= 0.3 is 5.97 Å². The minimum atomic E-state index is -1.65. The number of hydrogen-bond donors (Lipinski definition) is 2. The Balaban J connectivity index is 2.19. The maximum absolute atomic E-state index is 11.0. The van der Waals surface area contributed by atoms with Crippen LogP contribution in [0.4, 0.5) is 0 Å². The lowest BCUT2D eigenvalue weighted by molar-refractivity contribution is -0.152. The number of carbonyl (C=O) groups is 1. The van der Waals surface area contributed by atoms with Gasteiger partial charge in [-0.1, -0.05) is 35.9 Å². The average Bonchev–Trinajstić information content (AvgIpc) is 2.45. The van der Waals surface area contributed by atoms with Crippen molar-refractivity contribution in [2.45, 2.75) is 12.2 Å². The molecule has 20 heavy (non-hydrogen) atoms. The Bertz CT molecular complexity index is 683. The Morgan fingerprint density at radius 2 is 1.95 bits per heavy atom. The number of ether oxygens (including phenoxy) is 1. The van der Waals surface area contributed by atoms with Crippen molar-refractivity contribution >= 4 is 17.6 Å². The van der Waals surface area contributed by atoms with Crippen molar-refractivity contribution in [3.8, 4) is 16.9 Å². The van der Waals surface area contributed by atoms with Crippen LogP contribution in [0.5, 0.6) is 5.75 Å². The Morgan fingerprint density at radius 1 is 1.20 bits per heavy atom. The molecule has 2 N–H and O–H groups in total. The summed E-state index contributed by atoms with van der Waals surface area (Å²) in [6, 6.07) is 12.5. The van der Waals surface area contributed by atoms with E-state index in [1.54, 1.807) is 30.3 Å². The van der Waals surface area contributed by atoms with E-state index in [4.69, 9.17) is 21.4 Å². The Kier molecular flexibility index (Phi) is 3.12. The minimum Gasteiger partial charge on any atom is -0.482 e. The SMILES string of the molecule is O=C(O)C(O)C1Oc2ccccc2-c2ccc(Cl)cc21. The number of carboxylic acid groups (broad SMARTS) is 1. The molecule has 2 atom stereocenters. The number of halogens is 1. The number of fused-ring (bicyclic) bond motifs is 3. The zero-order valence-electron chi connectivity index (χ0n) is 10.3. The van der Waals surface area contributed by atoms with Gasteiger partial charge in [0, 0.05) is 16.1 Å². The predicted octanol–water partition coefficient (Wildman–Crippen LogP) is 2.89. The van der Waals surface area contributed by atoms with Crippen molar-refractivity contribution in [2.24, 2.45) is 0 Å². The maximum atomic E-state index is 11.0. The van der Waals surface area contributed by atoms with Crippen molar-refractivity contribution in [1.82, 2.24) is 0 Å². The van der Waals surface area contributed by atoms with Crippen LogP contribution in [-0.4, -0.2) is 22.3 Å². The summed E-state index contributed by atoms with van der Waals surface area (Å²) in [6.45, 7) is 0. The highest BCUT2D eigenvalue weighted by atomic mass is 35.5. The standard InChI is InChI=1S/C15H11ClO4/c16-8-5-6-9-10-3-1-2-4-12(10)20-14(11(9)7-8)13(17)15(18)19/h1-7,13-14,17H,(H,18,19). The average molecular weight is 291 g/mol. The first-order valence-corrected chi connectivity index (χ1v) is 6.42. The molecule has 0 saturated carbocycles. The summed E-state index contributed by atoms with van der Waals surface area (Å²) in [5.41, 5.74) is 2.25. The fourth-order valence-electron chi connectivity index (χ4n) is 2.37. The highest BCUT2D eigenvalue weighted by Gasteiger charge is 2.35. The third kappa shape index (κ3) is 2.03. The number of hydrogen-bond acceptors (Lipinski definition) is 3. The molecule has 0 saturated heterocycles. The second-order valence-electron chi connectivity index (χ2n) is 4.55. The van der Waals surface area contributed by atoms with E-state index in [1.165, 1.54) is 0 Å². The molecular weight excluding hydrogens is 280 g/mol. The summed E-state index contributed by atoms with van der Waals surface area (Å²) in [7, 11) is 0.